The first kappa shape index (κ1) is 28.9. The molecule has 0 aliphatic rings. The highest BCUT2D eigenvalue weighted by molar-refractivity contribution is 5.03. The Hall–Kier alpha value is -0.120. The Morgan fingerprint density at radius 2 is 0.586 bits per heavy atom. The van der Waals surface area contributed by atoms with Gasteiger partial charge in [0.1, 0.15) is 5.79 Å². The minimum absolute atomic E-state index is 0.361. The molecule has 3 heteroatoms. The van der Waals surface area contributed by atoms with Crippen LogP contribution in [-0.2, 0) is 0 Å². The normalized spacial score (nSPS) is 21.1. The molecule has 3 nitrogen and oxygen atoms in total. The van der Waals surface area contributed by atoms with E-state index in [2.05, 4.69) is 97.8 Å². The van der Waals surface area contributed by atoms with E-state index >= 15 is 0 Å². The zero-order valence-electron chi connectivity index (χ0n) is 22.3. The monoisotopic (exact) mass is 410 g/mol. The predicted octanol–water partition coefficient (Wildman–Crippen LogP) is 7.17. The highest BCUT2D eigenvalue weighted by Gasteiger charge is 2.51. The first-order valence-corrected chi connectivity index (χ1v) is 12.7. The summed E-state index contributed by atoms with van der Waals surface area (Å²) in [6, 6.07) is 2.88. The van der Waals surface area contributed by atoms with E-state index < -0.39 is 0 Å². The fourth-order valence-corrected chi connectivity index (χ4v) is 5.00. The molecule has 6 atom stereocenters. The van der Waals surface area contributed by atoms with Gasteiger partial charge in [-0.3, -0.25) is 14.7 Å². The molecule has 0 saturated heterocycles. The van der Waals surface area contributed by atoms with Crippen molar-refractivity contribution in [3.8, 4) is 0 Å². The topological polar surface area (TPSA) is 9.72 Å². The van der Waals surface area contributed by atoms with Gasteiger partial charge in [0, 0.05) is 36.3 Å². The molecule has 0 aromatic carbocycles. The molecule has 0 amide bonds. The molecule has 0 aliphatic heterocycles. The largest absolute Gasteiger partial charge is 0.267 e. The van der Waals surface area contributed by atoms with Gasteiger partial charge in [-0.05, 0) is 87.0 Å². The zero-order valence-corrected chi connectivity index (χ0v) is 22.3. The summed E-state index contributed by atoms with van der Waals surface area (Å²) in [6.45, 7) is 33.6. The van der Waals surface area contributed by atoms with Gasteiger partial charge in [-0.2, -0.15) is 0 Å². The van der Waals surface area contributed by atoms with E-state index in [9.17, 15) is 0 Å². The maximum Gasteiger partial charge on any atom is 0.132 e. The van der Waals surface area contributed by atoms with Crippen molar-refractivity contribution in [2.45, 2.75) is 164 Å². The quantitative estimate of drug-likeness (QED) is 0.265. The van der Waals surface area contributed by atoms with Crippen LogP contribution in [0.5, 0.6) is 0 Å². The summed E-state index contributed by atoms with van der Waals surface area (Å²) in [6.07, 6.45) is 6.86. The average molecular weight is 411 g/mol. The maximum atomic E-state index is 5.16. The number of hydrogen-bond donors (Lipinski definition) is 0. The summed E-state index contributed by atoms with van der Waals surface area (Å²) in [7, 11) is 0. The lowest BCUT2D eigenvalue weighted by atomic mass is 9.96. The number of nitrogens with zero attached hydrogens (tertiary/aromatic N) is 3. The van der Waals surface area contributed by atoms with Crippen molar-refractivity contribution in [1.82, 2.24) is 14.7 Å². The lowest BCUT2D eigenvalue weighted by molar-refractivity contribution is -0.215. The molecular formula is C26H56N3. The van der Waals surface area contributed by atoms with Gasteiger partial charge in [0.05, 0.1) is 0 Å². The summed E-state index contributed by atoms with van der Waals surface area (Å²) in [4.78, 5) is 8.30. The van der Waals surface area contributed by atoms with Gasteiger partial charge in [0.25, 0.3) is 0 Å². The molecule has 0 fully saturated rings. The average Bonchev–Trinajstić information content (AvgIpc) is 2.72. The van der Waals surface area contributed by atoms with E-state index in [0.717, 1.165) is 38.5 Å². The Morgan fingerprint density at radius 3 is 0.690 bits per heavy atom. The number of hydrogen-bond acceptors (Lipinski definition) is 3. The predicted molar refractivity (Wildman–Crippen MR) is 132 cm³/mol. The molecule has 0 aromatic rings. The van der Waals surface area contributed by atoms with Crippen LogP contribution in [0.1, 0.15) is 122 Å². The van der Waals surface area contributed by atoms with Crippen molar-refractivity contribution in [2.75, 3.05) is 0 Å². The van der Waals surface area contributed by atoms with Crippen molar-refractivity contribution in [2.24, 2.45) is 0 Å². The molecule has 0 heterocycles. The van der Waals surface area contributed by atoms with Crippen molar-refractivity contribution in [3.63, 3.8) is 0 Å². The van der Waals surface area contributed by atoms with Gasteiger partial charge in [-0.15, -0.1) is 0 Å². The lowest BCUT2D eigenvalue weighted by Gasteiger charge is -2.63. The lowest BCUT2D eigenvalue weighted by Crippen LogP contribution is -2.77. The van der Waals surface area contributed by atoms with Gasteiger partial charge in [0.15, 0.2) is 0 Å². The van der Waals surface area contributed by atoms with Gasteiger partial charge in [-0.25, -0.2) is 0 Å². The smallest absolute Gasteiger partial charge is 0.132 e. The Kier molecular flexibility index (Phi) is 13.3. The first-order chi connectivity index (χ1) is 13.5. The fourth-order valence-electron chi connectivity index (χ4n) is 5.00. The van der Waals surface area contributed by atoms with Crippen LogP contribution in [0.15, 0.2) is 0 Å². The Balaban J connectivity index is 7.03. The minimum atomic E-state index is -0.361. The second kappa shape index (κ2) is 13.3. The maximum absolute atomic E-state index is 5.16. The molecule has 0 spiro atoms. The molecule has 0 bridgehead atoms. The third-order valence-electron chi connectivity index (χ3n) is 7.63. The molecule has 1 radical (unpaired) electrons. The summed E-state index contributed by atoms with van der Waals surface area (Å²) < 4.78 is 0. The van der Waals surface area contributed by atoms with Crippen LogP contribution in [0.25, 0.3) is 0 Å². The highest BCUT2D eigenvalue weighted by atomic mass is 15.6. The molecule has 0 aliphatic carbocycles. The van der Waals surface area contributed by atoms with E-state index in [0.29, 0.717) is 36.3 Å². The first-order valence-electron chi connectivity index (χ1n) is 12.7. The van der Waals surface area contributed by atoms with Crippen LogP contribution in [0.3, 0.4) is 0 Å². The van der Waals surface area contributed by atoms with Crippen molar-refractivity contribution in [1.29, 1.82) is 0 Å². The van der Waals surface area contributed by atoms with Crippen molar-refractivity contribution in [3.05, 3.63) is 6.92 Å². The Morgan fingerprint density at radius 1 is 0.448 bits per heavy atom. The SMILES string of the molecule is [CH2]C(N(C(C)CC)C(C)CC)(N(C(C)CC)C(C)CC)N(C(C)CC)C(C)CC. The third kappa shape index (κ3) is 6.43. The molecule has 6 unspecified atom stereocenters. The summed E-state index contributed by atoms with van der Waals surface area (Å²) in [5, 5.41) is 0. The molecule has 0 N–H and O–H groups in total. The summed E-state index contributed by atoms with van der Waals surface area (Å²) in [5.41, 5.74) is 0. The molecule has 0 saturated carbocycles. The van der Waals surface area contributed by atoms with Crippen LogP contribution in [0, 0.1) is 6.92 Å². The second-order valence-electron chi connectivity index (χ2n) is 9.54. The van der Waals surface area contributed by atoms with E-state index in [1.54, 1.807) is 0 Å². The van der Waals surface area contributed by atoms with Crippen molar-refractivity contribution < 1.29 is 0 Å². The third-order valence-corrected chi connectivity index (χ3v) is 7.63. The summed E-state index contributed by atoms with van der Waals surface area (Å²) in [5.74, 6) is -0.361. The minimum Gasteiger partial charge on any atom is -0.267 e. The van der Waals surface area contributed by atoms with Crippen LogP contribution in [-0.4, -0.2) is 56.7 Å². The van der Waals surface area contributed by atoms with Crippen LogP contribution < -0.4 is 0 Å². The van der Waals surface area contributed by atoms with E-state index in [4.69, 9.17) is 6.92 Å². The molecule has 0 rings (SSSR count). The van der Waals surface area contributed by atoms with Crippen LogP contribution >= 0.6 is 0 Å². The molecule has 175 valence electrons. The second-order valence-corrected chi connectivity index (χ2v) is 9.54. The Bertz CT molecular complexity index is 334. The number of rotatable bonds is 15. The van der Waals surface area contributed by atoms with Gasteiger partial charge >= 0.3 is 0 Å². The standard InChI is InChI=1S/C26H56N3/c1-14-20(7)27(21(8)15-2)26(13,28(22(9)16-3)23(10)17-4)29(24(11)18-5)25(12)19-6/h20-25H,13-19H2,1-12H3. The van der Waals surface area contributed by atoms with Gasteiger partial charge < -0.3 is 0 Å². The van der Waals surface area contributed by atoms with Gasteiger partial charge in [0.2, 0.25) is 0 Å². The van der Waals surface area contributed by atoms with Gasteiger partial charge in [-0.1, -0.05) is 41.5 Å². The highest BCUT2D eigenvalue weighted by Crippen LogP contribution is 2.39. The molecular weight excluding hydrogens is 354 g/mol. The van der Waals surface area contributed by atoms with Crippen LogP contribution in [0.4, 0.5) is 0 Å². The zero-order chi connectivity index (χ0) is 22.9. The summed E-state index contributed by atoms with van der Waals surface area (Å²) >= 11 is 0. The van der Waals surface area contributed by atoms with E-state index in [1.165, 1.54) is 0 Å². The fraction of sp³-hybridized carbons (Fsp3) is 0.962. The Labute approximate surface area is 185 Å². The van der Waals surface area contributed by atoms with E-state index in [1.807, 2.05) is 0 Å². The molecule has 0 aromatic heterocycles. The van der Waals surface area contributed by atoms with Crippen molar-refractivity contribution >= 4 is 0 Å². The molecule has 29 heavy (non-hydrogen) atoms. The van der Waals surface area contributed by atoms with Crippen LogP contribution in [0.2, 0.25) is 0 Å². The van der Waals surface area contributed by atoms with E-state index in [-0.39, 0.29) is 5.79 Å².